The SMILES string of the molecule is c1ccc2c(c1)OCC(CN1CCN(c3nncs3)CC1)O2. The van der Waals surface area contributed by atoms with Gasteiger partial charge in [-0.25, -0.2) is 0 Å². The van der Waals surface area contributed by atoms with Crippen LogP contribution in [-0.2, 0) is 0 Å². The van der Waals surface area contributed by atoms with Crippen molar-refractivity contribution in [1.82, 2.24) is 15.1 Å². The fraction of sp³-hybridized carbons (Fsp3) is 0.467. The van der Waals surface area contributed by atoms with Gasteiger partial charge in [0.15, 0.2) is 11.5 Å². The molecule has 2 aromatic rings. The first-order valence-electron chi connectivity index (χ1n) is 7.50. The molecule has 1 saturated heterocycles. The van der Waals surface area contributed by atoms with E-state index in [1.807, 2.05) is 24.3 Å². The Labute approximate surface area is 133 Å². The molecular weight excluding hydrogens is 300 g/mol. The second-order valence-corrected chi connectivity index (χ2v) is 6.32. The average molecular weight is 318 g/mol. The van der Waals surface area contributed by atoms with E-state index in [0.717, 1.165) is 49.4 Å². The molecule has 4 rings (SSSR count). The van der Waals surface area contributed by atoms with Gasteiger partial charge in [-0.2, -0.15) is 0 Å². The number of hydrogen-bond acceptors (Lipinski definition) is 7. The lowest BCUT2D eigenvalue weighted by atomic mass is 10.2. The van der Waals surface area contributed by atoms with Crippen molar-refractivity contribution in [3.63, 3.8) is 0 Å². The maximum absolute atomic E-state index is 6.03. The van der Waals surface area contributed by atoms with Gasteiger partial charge in [0.1, 0.15) is 18.2 Å². The zero-order valence-corrected chi connectivity index (χ0v) is 13.0. The number of para-hydroxylation sites is 2. The molecule has 0 saturated carbocycles. The summed E-state index contributed by atoms with van der Waals surface area (Å²) in [4.78, 5) is 4.72. The van der Waals surface area contributed by atoms with E-state index < -0.39 is 0 Å². The minimum Gasteiger partial charge on any atom is -0.486 e. The van der Waals surface area contributed by atoms with Crippen molar-refractivity contribution < 1.29 is 9.47 Å². The third-order valence-electron chi connectivity index (χ3n) is 4.02. The second kappa shape index (κ2) is 6.10. The van der Waals surface area contributed by atoms with Gasteiger partial charge in [0.25, 0.3) is 0 Å². The van der Waals surface area contributed by atoms with E-state index in [2.05, 4.69) is 20.0 Å². The molecule has 1 aromatic heterocycles. The number of hydrogen-bond donors (Lipinski definition) is 0. The van der Waals surface area contributed by atoms with Gasteiger partial charge in [-0.1, -0.05) is 23.5 Å². The summed E-state index contributed by atoms with van der Waals surface area (Å²) in [5.41, 5.74) is 1.78. The van der Waals surface area contributed by atoms with E-state index >= 15 is 0 Å². The molecule has 7 heteroatoms. The Bertz CT molecular complexity index is 614. The Morgan fingerprint density at radius 2 is 1.95 bits per heavy atom. The van der Waals surface area contributed by atoms with Gasteiger partial charge in [-0.15, -0.1) is 10.2 Å². The summed E-state index contributed by atoms with van der Waals surface area (Å²) >= 11 is 1.60. The maximum Gasteiger partial charge on any atom is 0.208 e. The molecule has 1 atom stereocenters. The molecule has 0 spiro atoms. The highest BCUT2D eigenvalue weighted by Gasteiger charge is 2.25. The highest BCUT2D eigenvalue weighted by atomic mass is 32.1. The van der Waals surface area contributed by atoms with E-state index in [1.54, 1.807) is 16.8 Å². The fourth-order valence-electron chi connectivity index (χ4n) is 2.87. The van der Waals surface area contributed by atoms with Crippen molar-refractivity contribution in [3.05, 3.63) is 29.8 Å². The molecule has 0 radical (unpaired) electrons. The molecule has 116 valence electrons. The molecular formula is C15H18N4O2S. The van der Waals surface area contributed by atoms with Gasteiger partial charge in [0.2, 0.25) is 5.13 Å². The zero-order valence-electron chi connectivity index (χ0n) is 12.2. The molecule has 2 aliphatic heterocycles. The Hall–Kier alpha value is -1.86. The number of nitrogens with zero attached hydrogens (tertiary/aromatic N) is 4. The summed E-state index contributed by atoms with van der Waals surface area (Å²) in [6.45, 7) is 5.52. The van der Waals surface area contributed by atoms with Crippen LogP contribution in [0, 0.1) is 0 Å². The van der Waals surface area contributed by atoms with Crippen LogP contribution in [0.3, 0.4) is 0 Å². The summed E-state index contributed by atoms with van der Waals surface area (Å²) < 4.78 is 11.8. The van der Waals surface area contributed by atoms with E-state index in [9.17, 15) is 0 Å². The van der Waals surface area contributed by atoms with Crippen LogP contribution in [0.4, 0.5) is 5.13 Å². The molecule has 3 heterocycles. The number of rotatable bonds is 3. The minimum atomic E-state index is 0.1000. The predicted molar refractivity (Wildman–Crippen MR) is 84.9 cm³/mol. The number of ether oxygens (including phenoxy) is 2. The number of piperazine rings is 1. The van der Waals surface area contributed by atoms with E-state index in [4.69, 9.17) is 9.47 Å². The molecule has 0 N–H and O–H groups in total. The third kappa shape index (κ3) is 2.86. The van der Waals surface area contributed by atoms with Crippen molar-refractivity contribution in [2.24, 2.45) is 0 Å². The van der Waals surface area contributed by atoms with E-state index in [-0.39, 0.29) is 6.10 Å². The molecule has 2 aliphatic rings. The van der Waals surface area contributed by atoms with E-state index in [1.165, 1.54) is 0 Å². The first kappa shape index (κ1) is 13.8. The maximum atomic E-state index is 6.03. The predicted octanol–water partition coefficient (Wildman–Crippen LogP) is 1.50. The Balaban J connectivity index is 1.31. The molecule has 0 aliphatic carbocycles. The smallest absolute Gasteiger partial charge is 0.208 e. The summed E-state index contributed by atoms with van der Waals surface area (Å²) in [6, 6.07) is 7.86. The van der Waals surface area contributed by atoms with E-state index in [0.29, 0.717) is 6.61 Å². The van der Waals surface area contributed by atoms with Gasteiger partial charge in [0, 0.05) is 32.7 Å². The molecule has 0 amide bonds. The van der Waals surface area contributed by atoms with Crippen LogP contribution in [0.2, 0.25) is 0 Å². The second-order valence-electron chi connectivity index (χ2n) is 5.51. The normalized spacial score (nSPS) is 21.8. The van der Waals surface area contributed by atoms with Crippen LogP contribution in [0.1, 0.15) is 0 Å². The first-order valence-corrected chi connectivity index (χ1v) is 8.38. The minimum absolute atomic E-state index is 0.1000. The van der Waals surface area contributed by atoms with Crippen LogP contribution in [0.25, 0.3) is 0 Å². The quantitative estimate of drug-likeness (QED) is 0.855. The van der Waals surface area contributed by atoms with Crippen LogP contribution < -0.4 is 14.4 Å². The van der Waals surface area contributed by atoms with Gasteiger partial charge < -0.3 is 14.4 Å². The lowest BCUT2D eigenvalue weighted by Gasteiger charge is -2.37. The van der Waals surface area contributed by atoms with Gasteiger partial charge in [0.05, 0.1) is 0 Å². The Morgan fingerprint density at radius 1 is 1.14 bits per heavy atom. The Morgan fingerprint density at radius 3 is 2.73 bits per heavy atom. The third-order valence-corrected chi connectivity index (χ3v) is 4.77. The monoisotopic (exact) mass is 318 g/mol. The van der Waals surface area contributed by atoms with Crippen molar-refractivity contribution in [3.8, 4) is 11.5 Å². The molecule has 22 heavy (non-hydrogen) atoms. The highest BCUT2D eigenvalue weighted by Crippen LogP contribution is 2.31. The van der Waals surface area contributed by atoms with Crippen molar-refractivity contribution >= 4 is 16.5 Å². The van der Waals surface area contributed by atoms with Crippen LogP contribution in [-0.4, -0.2) is 60.5 Å². The molecule has 0 bridgehead atoms. The number of aromatic nitrogens is 2. The number of benzene rings is 1. The van der Waals surface area contributed by atoms with Crippen LogP contribution in [0.15, 0.2) is 29.8 Å². The number of anilines is 1. The van der Waals surface area contributed by atoms with Gasteiger partial charge in [-0.05, 0) is 12.1 Å². The standard InChI is InChI=1S/C15H18N4O2S/c1-2-4-14-13(3-1)20-10-12(21-14)9-18-5-7-19(8-6-18)15-17-16-11-22-15/h1-4,11-12H,5-10H2. The van der Waals surface area contributed by atoms with Crippen LogP contribution >= 0.6 is 11.3 Å². The summed E-state index contributed by atoms with van der Waals surface area (Å²) in [6.07, 6.45) is 0.1000. The summed E-state index contributed by atoms with van der Waals surface area (Å²) in [5.74, 6) is 1.70. The molecule has 1 fully saturated rings. The van der Waals surface area contributed by atoms with Crippen LogP contribution in [0.5, 0.6) is 11.5 Å². The van der Waals surface area contributed by atoms with Crippen molar-refractivity contribution in [1.29, 1.82) is 0 Å². The zero-order chi connectivity index (χ0) is 14.8. The first-order chi connectivity index (χ1) is 10.9. The lowest BCUT2D eigenvalue weighted by Crippen LogP contribution is -2.50. The number of fused-ring (bicyclic) bond motifs is 1. The average Bonchev–Trinajstić information content (AvgIpc) is 3.10. The summed E-state index contributed by atoms with van der Waals surface area (Å²) in [5, 5.41) is 9.06. The molecule has 6 nitrogen and oxygen atoms in total. The van der Waals surface area contributed by atoms with Crippen molar-refractivity contribution in [2.45, 2.75) is 6.10 Å². The molecule has 1 unspecified atom stereocenters. The van der Waals surface area contributed by atoms with Crippen molar-refractivity contribution in [2.75, 3.05) is 44.2 Å². The highest BCUT2D eigenvalue weighted by molar-refractivity contribution is 7.13. The van der Waals surface area contributed by atoms with Gasteiger partial charge >= 0.3 is 0 Å². The fourth-order valence-corrected chi connectivity index (χ4v) is 3.48. The lowest BCUT2D eigenvalue weighted by molar-refractivity contribution is 0.0571. The summed E-state index contributed by atoms with van der Waals surface area (Å²) in [7, 11) is 0. The topological polar surface area (TPSA) is 50.7 Å². The Kier molecular flexibility index (Phi) is 3.82. The van der Waals surface area contributed by atoms with Gasteiger partial charge in [-0.3, -0.25) is 4.90 Å². The molecule has 1 aromatic carbocycles. The largest absolute Gasteiger partial charge is 0.486 e.